The standard InChI is InChI=1S/C22H26FNO3/c1-14-19-4-2-3-5-20(19)22(15-6-8-16(23)9-7-15)24(14)11-10-18-12-17(25)13-21(26)27-18/h6-9,17-18,25H,2-5,10-13H2,1H3/t17-,18-/m0/s1. The fourth-order valence-electron chi connectivity index (χ4n) is 4.59. The van der Waals surface area contributed by atoms with Gasteiger partial charge in [-0.05, 0) is 73.6 Å². The summed E-state index contributed by atoms with van der Waals surface area (Å²) in [4.78, 5) is 11.6. The van der Waals surface area contributed by atoms with E-state index in [1.807, 2.05) is 12.1 Å². The van der Waals surface area contributed by atoms with Gasteiger partial charge >= 0.3 is 5.97 Å². The largest absolute Gasteiger partial charge is 0.462 e. The number of nitrogens with zero attached hydrogens (tertiary/aromatic N) is 1. The minimum Gasteiger partial charge on any atom is -0.462 e. The molecule has 1 fully saturated rings. The van der Waals surface area contributed by atoms with Crippen molar-refractivity contribution in [1.82, 2.24) is 4.57 Å². The van der Waals surface area contributed by atoms with E-state index in [4.69, 9.17) is 4.74 Å². The third-order valence-electron chi connectivity index (χ3n) is 5.89. The molecule has 2 heterocycles. The van der Waals surface area contributed by atoms with Crippen LogP contribution in [0.2, 0.25) is 0 Å². The van der Waals surface area contributed by atoms with Crippen molar-refractivity contribution in [2.24, 2.45) is 0 Å². The topological polar surface area (TPSA) is 51.5 Å². The van der Waals surface area contributed by atoms with Crippen LogP contribution in [-0.2, 0) is 28.9 Å². The molecule has 2 atom stereocenters. The first kappa shape index (κ1) is 18.2. The summed E-state index contributed by atoms with van der Waals surface area (Å²) in [5, 5.41) is 9.85. The zero-order chi connectivity index (χ0) is 19.0. The van der Waals surface area contributed by atoms with Crippen LogP contribution in [0.5, 0.6) is 0 Å². The molecule has 0 bridgehead atoms. The Hall–Kier alpha value is -2.14. The summed E-state index contributed by atoms with van der Waals surface area (Å²) < 4.78 is 21.2. The van der Waals surface area contributed by atoms with E-state index in [0.717, 1.165) is 24.9 Å². The second-order valence-corrected chi connectivity index (χ2v) is 7.75. The van der Waals surface area contributed by atoms with Crippen molar-refractivity contribution in [2.75, 3.05) is 0 Å². The number of esters is 1. The molecule has 4 nitrogen and oxygen atoms in total. The lowest BCUT2D eigenvalue weighted by Crippen LogP contribution is -2.33. The molecule has 1 aromatic heterocycles. The Bertz CT molecular complexity index is 840. The molecule has 1 saturated heterocycles. The zero-order valence-corrected chi connectivity index (χ0v) is 15.7. The summed E-state index contributed by atoms with van der Waals surface area (Å²) in [5.74, 6) is -0.549. The molecule has 1 aliphatic carbocycles. The lowest BCUT2D eigenvalue weighted by molar-refractivity contribution is -0.160. The van der Waals surface area contributed by atoms with Gasteiger partial charge in [0.1, 0.15) is 11.9 Å². The molecule has 0 radical (unpaired) electrons. The van der Waals surface area contributed by atoms with Gasteiger partial charge < -0.3 is 14.4 Å². The highest BCUT2D eigenvalue weighted by Gasteiger charge is 2.28. The van der Waals surface area contributed by atoms with Gasteiger partial charge in [-0.1, -0.05) is 0 Å². The molecule has 144 valence electrons. The van der Waals surface area contributed by atoms with E-state index in [2.05, 4.69) is 11.5 Å². The average Bonchev–Trinajstić information content (AvgIpc) is 2.92. The molecule has 5 heteroatoms. The van der Waals surface area contributed by atoms with Gasteiger partial charge in [-0.2, -0.15) is 0 Å². The predicted octanol–water partition coefficient (Wildman–Crippen LogP) is 3.94. The van der Waals surface area contributed by atoms with Gasteiger partial charge in [0.25, 0.3) is 0 Å². The van der Waals surface area contributed by atoms with Crippen LogP contribution in [-0.4, -0.2) is 27.9 Å². The van der Waals surface area contributed by atoms with Crippen LogP contribution in [0.1, 0.15) is 48.9 Å². The maximum Gasteiger partial charge on any atom is 0.308 e. The maximum absolute atomic E-state index is 13.4. The van der Waals surface area contributed by atoms with Gasteiger partial charge in [-0.3, -0.25) is 4.79 Å². The number of halogens is 1. The molecule has 4 rings (SSSR count). The van der Waals surface area contributed by atoms with Crippen LogP contribution in [0, 0.1) is 12.7 Å². The van der Waals surface area contributed by atoms with E-state index in [1.54, 1.807) is 0 Å². The number of rotatable bonds is 4. The normalized spacial score (nSPS) is 22.4. The van der Waals surface area contributed by atoms with Gasteiger partial charge in [0.05, 0.1) is 18.2 Å². The summed E-state index contributed by atoms with van der Waals surface area (Å²) in [6.07, 6.45) is 4.92. The quantitative estimate of drug-likeness (QED) is 0.829. The number of fused-ring (bicyclic) bond motifs is 1. The molecule has 1 aromatic carbocycles. The second kappa shape index (κ2) is 7.47. The molecule has 2 aromatic rings. The van der Waals surface area contributed by atoms with Crippen LogP contribution in [0.25, 0.3) is 11.3 Å². The van der Waals surface area contributed by atoms with Crippen molar-refractivity contribution in [2.45, 2.75) is 70.6 Å². The minimum absolute atomic E-state index is 0.0914. The molecular weight excluding hydrogens is 345 g/mol. The number of aliphatic hydroxyl groups excluding tert-OH is 1. The molecule has 0 unspecified atom stereocenters. The third-order valence-corrected chi connectivity index (χ3v) is 5.89. The molecule has 1 N–H and O–H groups in total. The highest BCUT2D eigenvalue weighted by atomic mass is 19.1. The number of aliphatic hydroxyl groups is 1. The van der Waals surface area contributed by atoms with Crippen LogP contribution < -0.4 is 0 Å². The van der Waals surface area contributed by atoms with Crippen LogP contribution in [0.3, 0.4) is 0 Å². The third kappa shape index (κ3) is 3.65. The Balaban J connectivity index is 1.66. The molecule has 0 amide bonds. The maximum atomic E-state index is 13.4. The number of carbonyl (C=O) groups excluding carboxylic acids is 1. The number of hydrogen-bond donors (Lipinski definition) is 1. The van der Waals surface area contributed by atoms with Crippen molar-refractivity contribution < 1.29 is 19.0 Å². The van der Waals surface area contributed by atoms with Gasteiger partial charge in [-0.25, -0.2) is 4.39 Å². The predicted molar refractivity (Wildman–Crippen MR) is 101 cm³/mol. The Morgan fingerprint density at radius 2 is 1.89 bits per heavy atom. The second-order valence-electron chi connectivity index (χ2n) is 7.75. The first-order chi connectivity index (χ1) is 13.0. The number of aromatic nitrogens is 1. The molecule has 1 aliphatic heterocycles. The fourth-order valence-corrected chi connectivity index (χ4v) is 4.59. The van der Waals surface area contributed by atoms with Crippen molar-refractivity contribution in [3.05, 3.63) is 46.9 Å². The molecule has 2 aliphatic rings. The van der Waals surface area contributed by atoms with Gasteiger partial charge in [-0.15, -0.1) is 0 Å². The van der Waals surface area contributed by atoms with Crippen molar-refractivity contribution >= 4 is 5.97 Å². The number of benzene rings is 1. The first-order valence-electron chi connectivity index (χ1n) is 9.87. The number of ether oxygens (including phenoxy) is 1. The lowest BCUT2D eigenvalue weighted by Gasteiger charge is -2.26. The Morgan fingerprint density at radius 3 is 2.59 bits per heavy atom. The molecule has 27 heavy (non-hydrogen) atoms. The molecule has 0 spiro atoms. The zero-order valence-electron chi connectivity index (χ0n) is 15.7. The van der Waals surface area contributed by atoms with E-state index in [1.165, 1.54) is 47.5 Å². The Kier molecular flexibility index (Phi) is 5.04. The van der Waals surface area contributed by atoms with E-state index in [-0.39, 0.29) is 24.3 Å². The van der Waals surface area contributed by atoms with Crippen molar-refractivity contribution in [3.8, 4) is 11.3 Å². The van der Waals surface area contributed by atoms with E-state index >= 15 is 0 Å². The van der Waals surface area contributed by atoms with Crippen LogP contribution >= 0.6 is 0 Å². The van der Waals surface area contributed by atoms with E-state index < -0.39 is 6.10 Å². The summed E-state index contributed by atoms with van der Waals surface area (Å²) in [7, 11) is 0. The van der Waals surface area contributed by atoms with Gasteiger partial charge in [0.15, 0.2) is 0 Å². The smallest absolute Gasteiger partial charge is 0.308 e. The summed E-state index contributed by atoms with van der Waals surface area (Å²) in [6.45, 7) is 2.87. The lowest BCUT2D eigenvalue weighted by atomic mass is 9.91. The van der Waals surface area contributed by atoms with E-state index in [9.17, 15) is 14.3 Å². The van der Waals surface area contributed by atoms with Gasteiger partial charge in [0.2, 0.25) is 0 Å². The van der Waals surface area contributed by atoms with Gasteiger partial charge in [0, 0.05) is 25.1 Å². The highest BCUT2D eigenvalue weighted by molar-refractivity contribution is 5.71. The fraction of sp³-hybridized carbons (Fsp3) is 0.500. The monoisotopic (exact) mass is 371 g/mol. The van der Waals surface area contributed by atoms with Crippen LogP contribution in [0.4, 0.5) is 4.39 Å². The molecular formula is C22H26FNO3. The molecule has 0 saturated carbocycles. The minimum atomic E-state index is -0.605. The van der Waals surface area contributed by atoms with Crippen molar-refractivity contribution in [3.63, 3.8) is 0 Å². The SMILES string of the molecule is Cc1c2c(c(-c3ccc(F)cc3)n1CC[C@H]1C[C@H](O)CC(=O)O1)CCCC2. The Labute approximate surface area is 159 Å². The number of carbonyl (C=O) groups is 1. The number of hydrogen-bond acceptors (Lipinski definition) is 3. The van der Waals surface area contributed by atoms with Crippen molar-refractivity contribution in [1.29, 1.82) is 0 Å². The summed E-state index contributed by atoms with van der Waals surface area (Å²) >= 11 is 0. The van der Waals surface area contributed by atoms with E-state index in [0.29, 0.717) is 12.8 Å². The highest BCUT2D eigenvalue weighted by Crippen LogP contribution is 2.37. The summed E-state index contributed by atoms with van der Waals surface area (Å²) in [6, 6.07) is 6.72. The summed E-state index contributed by atoms with van der Waals surface area (Å²) in [5.41, 5.74) is 6.26. The Morgan fingerprint density at radius 1 is 1.19 bits per heavy atom. The average molecular weight is 371 g/mol. The van der Waals surface area contributed by atoms with Crippen LogP contribution in [0.15, 0.2) is 24.3 Å². The number of cyclic esters (lactones) is 1. The first-order valence-corrected chi connectivity index (χ1v) is 9.87.